The number of ether oxygens (including phenoxy) is 1. The van der Waals surface area contributed by atoms with E-state index in [0.717, 1.165) is 19.4 Å². The van der Waals surface area contributed by atoms with Crippen LogP contribution in [-0.2, 0) is 9.53 Å². The van der Waals surface area contributed by atoms with Crippen LogP contribution in [0.1, 0.15) is 19.3 Å². The molecule has 1 aliphatic rings. The summed E-state index contributed by atoms with van der Waals surface area (Å²) in [6.45, 7) is 4.87. The van der Waals surface area contributed by atoms with Crippen LogP contribution in [0.4, 0.5) is 0 Å². The number of hydrogen-bond acceptors (Lipinski definition) is 2. The molecule has 1 N–H and O–H groups in total. The molecule has 1 unspecified atom stereocenters. The molecule has 0 saturated carbocycles. The molecule has 3 nitrogen and oxygen atoms in total. The molecule has 0 spiro atoms. The summed E-state index contributed by atoms with van der Waals surface area (Å²) in [6, 6.07) is 0. The molecule has 1 aliphatic heterocycles. The SMILES string of the molecule is C=CCNC(=O)CC1CCCO1. The Morgan fingerprint density at radius 3 is 3.17 bits per heavy atom. The highest BCUT2D eigenvalue weighted by molar-refractivity contribution is 5.76. The summed E-state index contributed by atoms with van der Waals surface area (Å²) in [7, 11) is 0. The molecule has 1 amide bonds. The van der Waals surface area contributed by atoms with Crippen LogP contribution < -0.4 is 5.32 Å². The zero-order chi connectivity index (χ0) is 8.81. The van der Waals surface area contributed by atoms with Crippen LogP contribution in [0.5, 0.6) is 0 Å². The number of carbonyl (C=O) groups is 1. The van der Waals surface area contributed by atoms with Crippen molar-refractivity contribution in [1.29, 1.82) is 0 Å². The van der Waals surface area contributed by atoms with Crippen LogP contribution in [0, 0.1) is 0 Å². The van der Waals surface area contributed by atoms with Gasteiger partial charge in [0.1, 0.15) is 0 Å². The van der Waals surface area contributed by atoms with E-state index >= 15 is 0 Å². The van der Waals surface area contributed by atoms with E-state index in [2.05, 4.69) is 11.9 Å². The summed E-state index contributed by atoms with van der Waals surface area (Å²) >= 11 is 0. The lowest BCUT2D eigenvalue weighted by Gasteiger charge is -2.07. The first-order chi connectivity index (χ1) is 5.83. The number of rotatable bonds is 4. The van der Waals surface area contributed by atoms with Crippen molar-refractivity contribution in [1.82, 2.24) is 5.32 Å². The van der Waals surface area contributed by atoms with Gasteiger partial charge in [0, 0.05) is 13.2 Å². The number of amides is 1. The maximum atomic E-state index is 11.1. The molecule has 0 aromatic rings. The smallest absolute Gasteiger partial charge is 0.222 e. The van der Waals surface area contributed by atoms with Crippen LogP contribution in [0.2, 0.25) is 0 Å². The Labute approximate surface area is 72.8 Å². The first kappa shape index (κ1) is 9.26. The Morgan fingerprint density at radius 2 is 2.58 bits per heavy atom. The molecule has 1 rings (SSSR count). The van der Waals surface area contributed by atoms with Crippen LogP contribution in [0.15, 0.2) is 12.7 Å². The van der Waals surface area contributed by atoms with E-state index in [1.807, 2.05) is 0 Å². The third-order valence-electron chi connectivity index (χ3n) is 1.88. The van der Waals surface area contributed by atoms with E-state index < -0.39 is 0 Å². The zero-order valence-electron chi connectivity index (χ0n) is 7.21. The molecule has 68 valence electrons. The van der Waals surface area contributed by atoms with E-state index in [4.69, 9.17) is 4.74 Å². The van der Waals surface area contributed by atoms with Crippen molar-refractivity contribution >= 4 is 5.91 Å². The molecule has 0 aromatic carbocycles. The lowest BCUT2D eigenvalue weighted by atomic mass is 10.2. The maximum Gasteiger partial charge on any atom is 0.222 e. The van der Waals surface area contributed by atoms with E-state index in [1.54, 1.807) is 6.08 Å². The Morgan fingerprint density at radius 1 is 1.75 bits per heavy atom. The molecule has 1 saturated heterocycles. The second-order valence-electron chi connectivity index (χ2n) is 2.93. The Balaban J connectivity index is 2.11. The van der Waals surface area contributed by atoms with Crippen molar-refractivity contribution in [2.45, 2.75) is 25.4 Å². The minimum atomic E-state index is 0.0572. The molecular weight excluding hydrogens is 154 g/mol. The second-order valence-corrected chi connectivity index (χ2v) is 2.93. The Bertz CT molecular complexity index is 162. The predicted octanol–water partition coefficient (Wildman–Crippen LogP) is 0.858. The van der Waals surface area contributed by atoms with Crippen molar-refractivity contribution < 1.29 is 9.53 Å². The largest absolute Gasteiger partial charge is 0.378 e. The number of hydrogen-bond donors (Lipinski definition) is 1. The monoisotopic (exact) mass is 169 g/mol. The molecule has 3 heteroatoms. The van der Waals surface area contributed by atoms with Crippen molar-refractivity contribution in [3.8, 4) is 0 Å². The summed E-state index contributed by atoms with van der Waals surface area (Å²) in [5.74, 6) is 0.0572. The van der Waals surface area contributed by atoms with Gasteiger partial charge in [0.15, 0.2) is 0 Å². The zero-order valence-corrected chi connectivity index (χ0v) is 7.21. The summed E-state index contributed by atoms with van der Waals surface area (Å²) in [6.07, 6.45) is 4.41. The van der Waals surface area contributed by atoms with Gasteiger partial charge in [0.25, 0.3) is 0 Å². The van der Waals surface area contributed by atoms with Crippen LogP contribution in [0.3, 0.4) is 0 Å². The fourth-order valence-corrected chi connectivity index (χ4v) is 1.27. The van der Waals surface area contributed by atoms with Crippen LogP contribution in [-0.4, -0.2) is 25.2 Å². The molecule has 0 radical (unpaired) electrons. The summed E-state index contributed by atoms with van der Waals surface area (Å²) in [5.41, 5.74) is 0. The third kappa shape index (κ3) is 3.05. The van der Waals surface area contributed by atoms with Gasteiger partial charge in [-0.3, -0.25) is 4.79 Å². The summed E-state index contributed by atoms with van der Waals surface area (Å²) in [4.78, 5) is 11.1. The van der Waals surface area contributed by atoms with E-state index in [0.29, 0.717) is 13.0 Å². The van der Waals surface area contributed by atoms with Crippen LogP contribution >= 0.6 is 0 Å². The highest BCUT2D eigenvalue weighted by atomic mass is 16.5. The highest BCUT2D eigenvalue weighted by Gasteiger charge is 2.18. The van der Waals surface area contributed by atoms with Crippen molar-refractivity contribution in [3.63, 3.8) is 0 Å². The normalized spacial score (nSPS) is 22.2. The highest BCUT2D eigenvalue weighted by Crippen LogP contribution is 2.14. The molecule has 1 fully saturated rings. The fourth-order valence-electron chi connectivity index (χ4n) is 1.27. The van der Waals surface area contributed by atoms with Crippen molar-refractivity contribution in [2.24, 2.45) is 0 Å². The minimum absolute atomic E-state index is 0.0572. The first-order valence-electron chi connectivity index (χ1n) is 4.32. The van der Waals surface area contributed by atoms with Gasteiger partial charge >= 0.3 is 0 Å². The number of carbonyl (C=O) groups excluding carboxylic acids is 1. The standard InChI is InChI=1S/C9H15NO2/c1-2-5-10-9(11)7-8-4-3-6-12-8/h2,8H,1,3-7H2,(H,10,11). The average Bonchev–Trinajstić information content (AvgIpc) is 2.53. The van der Waals surface area contributed by atoms with E-state index in [-0.39, 0.29) is 12.0 Å². The van der Waals surface area contributed by atoms with Gasteiger partial charge in [0.2, 0.25) is 5.91 Å². The summed E-state index contributed by atoms with van der Waals surface area (Å²) < 4.78 is 5.32. The predicted molar refractivity (Wildman–Crippen MR) is 46.8 cm³/mol. The van der Waals surface area contributed by atoms with Gasteiger partial charge in [-0.1, -0.05) is 6.08 Å². The Kier molecular flexibility index (Phi) is 3.80. The lowest BCUT2D eigenvalue weighted by Crippen LogP contribution is -2.27. The fraction of sp³-hybridized carbons (Fsp3) is 0.667. The first-order valence-corrected chi connectivity index (χ1v) is 4.32. The van der Waals surface area contributed by atoms with E-state index in [1.165, 1.54) is 0 Å². The third-order valence-corrected chi connectivity index (χ3v) is 1.88. The second kappa shape index (κ2) is 4.93. The molecule has 1 atom stereocenters. The molecule has 0 aromatic heterocycles. The van der Waals surface area contributed by atoms with Crippen LogP contribution in [0.25, 0.3) is 0 Å². The van der Waals surface area contributed by atoms with Gasteiger partial charge in [-0.25, -0.2) is 0 Å². The van der Waals surface area contributed by atoms with Crippen molar-refractivity contribution in [2.75, 3.05) is 13.2 Å². The number of nitrogens with one attached hydrogen (secondary N) is 1. The van der Waals surface area contributed by atoms with Gasteiger partial charge in [-0.05, 0) is 12.8 Å². The van der Waals surface area contributed by atoms with Gasteiger partial charge in [-0.2, -0.15) is 0 Å². The Hall–Kier alpha value is -0.830. The molecule has 0 bridgehead atoms. The van der Waals surface area contributed by atoms with Gasteiger partial charge < -0.3 is 10.1 Å². The maximum absolute atomic E-state index is 11.1. The molecule has 0 aliphatic carbocycles. The molecule has 1 heterocycles. The minimum Gasteiger partial charge on any atom is -0.378 e. The van der Waals surface area contributed by atoms with Crippen molar-refractivity contribution in [3.05, 3.63) is 12.7 Å². The lowest BCUT2D eigenvalue weighted by molar-refractivity contribution is -0.123. The van der Waals surface area contributed by atoms with E-state index in [9.17, 15) is 4.79 Å². The molecule has 12 heavy (non-hydrogen) atoms. The van der Waals surface area contributed by atoms with Gasteiger partial charge in [0.05, 0.1) is 12.5 Å². The quantitative estimate of drug-likeness (QED) is 0.634. The average molecular weight is 169 g/mol. The summed E-state index contributed by atoms with van der Waals surface area (Å²) in [5, 5.41) is 2.72. The topological polar surface area (TPSA) is 38.3 Å². The van der Waals surface area contributed by atoms with Gasteiger partial charge in [-0.15, -0.1) is 6.58 Å². The molecular formula is C9H15NO2.